The van der Waals surface area contributed by atoms with Crippen molar-refractivity contribution in [1.82, 2.24) is 0 Å². The van der Waals surface area contributed by atoms with Crippen LogP contribution in [0.1, 0.15) is 17.0 Å². The highest BCUT2D eigenvalue weighted by Gasteiger charge is 2.34. The van der Waals surface area contributed by atoms with Crippen LogP contribution in [0.4, 0.5) is 0 Å². The molecule has 0 bridgehead atoms. The third-order valence-electron chi connectivity index (χ3n) is 2.93. The third kappa shape index (κ3) is 1.88. The van der Waals surface area contributed by atoms with Crippen molar-refractivity contribution in [3.63, 3.8) is 0 Å². The summed E-state index contributed by atoms with van der Waals surface area (Å²) < 4.78 is 5.23. The van der Waals surface area contributed by atoms with Crippen molar-refractivity contribution in [3.8, 4) is 5.75 Å². The molecule has 2 nitrogen and oxygen atoms in total. The molecule has 0 radical (unpaired) electrons. The van der Waals surface area contributed by atoms with E-state index in [4.69, 9.17) is 27.9 Å². The minimum absolute atomic E-state index is 0.283. The molecule has 2 aromatic rings. The molecule has 1 heterocycles. The SMILES string of the molecule is O=C1Oc2ccc(Cl)cc2C1c1ccc(Cl)cc1. The predicted octanol–water partition coefficient (Wildman–Crippen LogP) is 4.04. The number of hydrogen-bond donors (Lipinski definition) is 0. The van der Waals surface area contributed by atoms with Gasteiger partial charge in [0.2, 0.25) is 0 Å². The van der Waals surface area contributed by atoms with Gasteiger partial charge in [0.15, 0.2) is 0 Å². The summed E-state index contributed by atoms with van der Waals surface area (Å²) >= 11 is 11.8. The monoisotopic (exact) mass is 278 g/mol. The van der Waals surface area contributed by atoms with Gasteiger partial charge < -0.3 is 4.74 Å². The Balaban J connectivity index is 2.11. The zero-order valence-electron chi connectivity index (χ0n) is 9.19. The quantitative estimate of drug-likeness (QED) is 0.581. The predicted molar refractivity (Wildman–Crippen MR) is 70.4 cm³/mol. The van der Waals surface area contributed by atoms with Crippen LogP contribution in [0.5, 0.6) is 5.75 Å². The lowest BCUT2D eigenvalue weighted by atomic mass is 9.93. The van der Waals surface area contributed by atoms with E-state index in [9.17, 15) is 4.79 Å². The first-order valence-corrected chi connectivity index (χ1v) is 6.17. The summed E-state index contributed by atoms with van der Waals surface area (Å²) in [6.07, 6.45) is 0. The summed E-state index contributed by atoms with van der Waals surface area (Å²) in [7, 11) is 0. The van der Waals surface area contributed by atoms with Gasteiger partial charge >= 0.3 is 5.97 Å². The summed E-state index contributed by atoms with van der Waals surface area (Å²) in [5.41, 5.74) is 1.65. The molecule has 0 saturated heterocycles. The van der Waals surface area contributed by atoms with E-state index in [1.165, 1.54) is 0 Å². The molecule has 1 aliphatic heterocycles. The molecule has 2 aromatic carbocycles. The Morgan fingerprint density at radius 1 is 0.944 bits per heavy atom. The minimum atomic E-state index is -0.420. The van der Waals surface area contributed by atoms with Gasteiger partial charge in [-0.1, -0.05) is 35.3 Å². The van der Waals surface area contributed by atoms with Gasteiger partial charge in [0.25, 0.3) is 0 Å². The smallest absolute Gasteiger partial charge is 0.323 e. The van der Waals surface area contributed by atoms with Crippen LogP contribution in [0, 0.1) is 0 Å². The molecular weight excluding hydrogens is 271 g/mol. The lowest BCUT2D eigenvalue weighted by Gasteiger charge is -2.07. The summed E-state index contributed by atoms with van der Waals surface area (Å²) in [5.74, 6) is -0.130. The zero-order valence-corrected chi connectivity index (χ0v) is 10.7. The van der Waals surface area contributed by atoms with E-state index in [0.29, 0.717) is 15.8 Å². The standard InChI is InChI=1S/C14H8Cl2O2/c15-9-3-1-8(2-4-9)13-11-7-10(16)5-6-12(11)18-14(13)17/h1-7,13H. The van der Waals surface area contributed by atoms with Crippen LogP contribution in [0.2, 0.25) is 10.0 Å². The molecule has 0 spiro atoms. The molecule has 1 atom stereocenters. The zero-order chi connectivity index (χ0) is 12.7. The number of carbonyl (C=O) groups is 1. The first-order valence-electron chi connectivity index (χ1n) is 5.42. The van der Waals surface area contributed by atoms with Gasteiger partial charge in [0, 0.05) is 15.6 Å². The van der Waals surface area contributed by atoms with Gasteiger partial charge in [0.05, 0.1) is 0 Å². The fourth-order valence-electron chi connectivity index (χ4n) is 2.10. The van der Waals surface area contributed by atoms with Crippen molar-refractivity contribution in [2.75, 3.05) is 0 Å². The Hall–Kier alpha value is -1.51. The molecule has 0 N–H and O–H groups in total. The maximum Gasteiger partial charge on any atom is 0.323 e. The van der Waals surface area contributed by atoms with Gasteiger partial charge in [0.1, 0.15) is 11.7 Å². The molecule has 4 heteroatoms. The van der Waals surface area contributed by atoms with Crippen molar-refractivity contribution in [3.05, 3.63) is 63.6 Å². The summed E-state index contributed by atoms with van der Waals surface area (Å²) in [4.78, 5) is 11.9. The van der Waals surface area contributed by atoms with Crippen molar-refractivity contribution in [2.24, 2.45) is 0 Å². The van der Waals surface area contributed by atoms with E-state index < -0.39 is 5.92 Å². The molecular formula is C14H8Cl2O2. The second-order valence-corrected chi connectivity index (χ2v) is 4.96. The molecule has 90 valence electrons. The van der Waals surface area contributed by atoms with Crippen molar-refractivity contribution < 1.29 is 9.53 Å². The Labute approximate surface area is 114 Å². The maximum atomic E-state index is 11.9. The topological polar surface area (TPSA) is 26.3 Å². The molecule has 0 saturated carbocycles. The lowest BCUT2D eigenvalue weighted by molar-refractivity contribution is -0.133. The number of carbonyl (C=O) groups excluding carboxylic acids is 1. The van der Waals surface area contributed by atoms with E-state index >= 15 is 0 Å². The lowest BCUT2D eigenvalue weighted by Crippen LogP contribution is -2.11. The van der Waals surface area contributed by atoms with E-state index in [0.717, 1.165) is 11.1 Å². The van der Waals surface area contributed by atoms with Crippen LogP contribution in [-0.2, 0) is 4.79 Å². The number of ether oxygens (including phenoxy) is 1. The first-order chi connectivity index (χ1) is 8.65. The van der Waals surface area contributed by atoms with Gasteiger partial charge in [-0.05, 0) is 35.9 Å². The molecule has 0 fully saturated rings. The average Bonchev–Trinajstić information content (AvgIpc) is 2.66. The summed E-state index contributed by atoms with van der Waals surface area (Å²) in [6.45, 7) is 0. The van der Waals surface area contributed by atoms with E-state index in [2.05, 4.69) is 0 Å². The second kappa shape index (κ2) is 4.30. The molecule has 18 heavy (non-hydrogen) atoms. The number of halogens is 2. The largest absolute Gasteiger partial charge is 0.425 e. The van der Waals surface area contributed by atoms with Crippen LogP contribution in [0.25, 0.3) is 0 Å². The van der Waals surface area contributed by atoms with Crippen molar-refractivity contribution >= 4 is 29.2 Å². The fourth-order valence-corrected chi connectivity index (χ4v) is 2.41. The van der Waals surface area contributed by atoms with Crippen LogP contribution in [0.15, 0.2) is 42.5 Å². The first kappa shape index (κ1) is 11.6. The number of rotatable bonds is 1. The Morgan fingerprint density at radius 3 is 2.33 bits per heavy atom. The Morgan fingerprint density at radius 2 is 1.61 bits per heavy atom. The van der Waals surface area contributed by atoms with E-state index in [-0.39, 0.29) is 5.97 Å². The second-order valence-electron chi connectivity index (χ2n) is 4.09. The van der Waals surface area contributed by atoms with E-state index in [1.54, 1.807) is 30.3 Å². The number of hydrogen-bond acceptors (Lipinski definition) is 2. The van der Waals surface area contributed by atoms with Crippen molar-refractivity contribution in [1.29, 1.82) is 0 Å². The highest BCUT2D eigenvalue weighted by Crippen LogP contribution is 2.40. The molecule has 3 rings (SSSR count). The fraction of sp³-hybridized carbons (Fsp3) is 0.0714. The molecule has 0 aromatic heterocycles. The number of fused-ring (bicyclic) bond motifs is 1. The molecule has 0 aliphatic carbocycles. The molecule has 1 unspecified atom stereocenters. The van der Waals surface area contributed by atoms with Gasteiger partial charge in [-0.2, -0.15) is 0 Å². The maximum absolute atomic E-state index is 11.9. The highest BCUT2D eigenvalue weighted by molar-refractivity contribution is 6.31. The van der Waals surface area contributed by atoms with Crippen LogP contribution in [0.3, 0.4) is 0 Å². The minimum Gasteiger partial charge on any atom is -0.425 e. The van der Waals surface area contributed by atoms with Gasteiger partial charge in [-0.3, -0.25) is 4.79 Å². The number of benzene rings is 2. The normalized spacial score (nSPS) is 17.4. The van der Waals surface area contributed by atoms with E-state index in [1.807, 2.05) is 12.1 Å². The summed E-state index contributed by atoms with van der Waals surface area (Å²) in [5, 5.41) is 1.22. The van der Waals surface area contributed by atoms with Crippen molar-refractivity contribution in [2.45, 2.75) is 5.92 Å². The Bertz CT molecular complexity index is 620. The van der Waals surface area contributed by atoms with Gasteiger partial charge in [-0.25, -0.2) is 0 Å². The van der Waals surface area contributed by atoms with Crippen LogP contribution >= 0.6 is 23.2 Å². The molecule has 1 aliphatic rings. The van der Waals surface area contributed by atoms with Crippen LogP contribution in [-0.4, -0.2) is 5.97 Å². The van der Waals surface area contributed by atoms with Gasteiger partial charge in [-0.15, -0.1) is 0 Å². The third-order valence-corrected chi connectivity index (χ3v) is 3.42. The summed E-state index contributed by atoms with van der Waals surface area (Å²) in [6, 6.07) is 12.3. The Kier molecular flexibility index (Phi) is 2.77. The highest BCUT2D eigenvalue weighted by atomic mass is 35.5. The average molecular weight is 279 g/mol. The van der Waals surface area contributed by atoms with Crippen LogP contribution < -0.4 is 4.74 Å². The molecule has 0 amide bonds. The number of esters is 1.